The van der Waals surface area contributed by atoms with Crippen LogP contribution in [0.15, 0.2) is 24.3 Å². The molecule has 1 fully saturated rings. The summed E-state index contributed by atoms with van der Waals surface area (Å²) in [6.45, 7) is 2.78. The molecule has 6 nitrogen and oxygen atoms in total. The van der Waals surface area contributed by atoms with Gasteiger partial charge in [-0.25, -0.2) is 22.3 Å². The van der Waals surface area contributed by atoms with Gasteiger partial charge in [-0.05, 0) is 43.5 Å². The molecule has 0 spiro atoms. The first kappa shape index (κ1) is 17.7. The second-order valence-electron chi connectivity index (χ2n) is 5.64. The molecule has 128 valence electrons. The first-order chi connectivity index (χ1) is 10.9. The highest BCUT2D eigenvalue weighted by molar-refractivity contribution is 7.89. The zero-order chi connectivity index (χ0) is 16.9. The van der Waals surface area contributed by atoms with Crippen LogP contribution >= 0.6 is 0 Å². The third-order valence-corrected chi connectivity index (χ3v) is 5.33. The normalized spacial score (nSPS) is 16.3. The van der Waals surface area contributed by atoms with E-state index in [1.807, 2.05) is 6.92 Å². The van der Waals surface area contributed by atoms with Crippen molar-refractivity contribution in [2.45, 2.75) is 32.2 Å². The number of hydrogen-bond donors (Lipinski definition) is 2. The van der Waals surface area contributed by atoms with E-state index in [9.17, 15) is 17.6 Å². The summed E-state index contributed by atoms with van der Waals surface area (Å²) >= 11 is 0. The van der Waals surface area contributed by atoms with Gasteiger partial charge in [0.2, 0.25) is 10.0 Å². The number of likely N-dealkylation sites (tertiary alicyclic amines) is 1. The van der Waals surface area contributed by atoms with Crippen molar-refractivity contribution in [3.63, 3.8) is 0 Å². The molecule has 2 N–H and O–H groups in total. The Balaban J connectivity index is 1.82. The number of carbonyl (C=O) groups excluding carboxylic acids is 1. The number of carbonyl (C=O) groups is 1. The van der Waals surface area contributed by atoms with Crippen molar-refractivity contribution in [3.8, 4) is 0 Å². The quantitative estimate of drug-likeness (QED) is 0.860. The summed E-state index contributed by atoms with van der Waals surface area (Å²) in [5, 5.41) is 2.70. The molecule has 0 radical (unpaired) electrons. The van der Waals surface area contributed by atoms with E-state index in [2.05, 4.69) is 10.0 Å². The molecular formula is C15H22FN3O3S. The summed E-state index contributed by atoms with van der Waals surface area (Å²) in [4.78, 5) is 13.8. The van der Waals surface area contributed by atoms with Crippen LogP contribution in [0.2, 0.25) is 0 Å². The van der Waals surface area contributed by atoms with E-state index in [1.54, 1.807) is 4.90 Å². The SMILES string of the molecule is CCCS(=O)(=O)NC1CCN(C(=O)Nc2ccc(F)cc2)CC1. The minimum atomic E-state index is -3.23. The predicted octanol–water partition coefficient (Wildman–Crippen LogP) is 2.15. The second-order valence-corrected chi connectivity index (χ2v) is 7.51. The largest absolute Gasteiger partial charge is 0.324 e. The molecular weight excluding hydrogens is 321 g/mol. The second kappa shape index (κ2) is 7.74. The standard InChI is InChI=1S/C15H22FN3O3S/c1-2-11-23(21,22)18-14-7-9-19(10-8-14)15(20)17-13-5-3-12(16)4-6-13/h3-6,14,18H,2,7-11H2,1H3,(H,17,20). The molecule has 2 amide bonds. The Morgan fingerprint density at radius 2 is 1.87 bits per heavy atom. The van der Waals surface area contributed by atoms with Crippen LogP contribution in [0.3, 0.4) is 0 Å². The van der Waals surface area contributed by atoms with Crippen LogP contribution in [0, 0.1) is 5.82 Å². The zero-order valence-corrected chi connectivity index (χ0v) is 13.9. The molecule has 1 aliphatic heterocycles. The predicted molar refractivity (Wildman–Crippen MR) is 87.2 cm³/mol. The lowest BCUT2D eigenvalue weighted by Gasteiger charge is -2.32. The number of halogens is 1. The van der Waals surface area contributed by atoms with E-state index in [0.29, 0.717) is 38.0 Å². The maximum Gasteiger partial charge on any atom is 0.321 e. The minimum Gasteiger partial charge on any atom is -0.324 e. The van der Waals surface area contributed by atoms with Gasteiger partial charge in [0.05, 0.1) is 5.75 Å². The number of nitrogens with zero attached hydrogens (tertiary/aromatic N) is 1. The molecule has 1 heterocycles. The van der Waals surface area contributed by atoms with Gasteiger partial charge in [-0.15, -0.1) is 0 Å². The van der Waals surface area contributed by atoms with Crippen LogP contribution < -0.4 is 10.0 Å². The summed E-state index contributed by atoms with van der Waals surface area (Å²) in [5.74, 6) is -0.235. The first-order valence-electron chi connectivity index (χ1n) is 7.71. The molecule has 1 saturated heterocycles. The summed E-state index contributed by atoms with van der Waals surface area (Å²) in [6, 6.07) is 5.18. The topological polar surface area (TPSA) is 78.5 Å². The molecule has 0 bridgehead atoms. The van der Waals surface area contributed by atoms with Gasteiger partial charge in [-0.1, -0.05) is 6.92 Å². The molecule has 23 heavy (non-hydrogen) atoms. The summed E-state index contributed by atoms with van der Waals surface area (Å²) < 4.78 is 39.0. The monoisotopic (exact) mass is 343 g/mol. The summed E-state index contributed by atoms with van der Waals surface area (Å²) in [6.07, 6.45) is 1.74. The highest BCUT2D eigenvalue weighted by Gasteiger charge is 2.25. The number of benzene rings is 1. The smallest absolute Gasteiger partial charge is 0.321 e. The van der Waals surface area contributed by atoms with Crippen molar-refractivity contribution in [1.29, 1.82) is 0 Å². The first-order valence-corrected chi connectivity index (χ1v) is 9.36. The van der Waals surface area contributed by atoms with Crippen molar-refractivity contribution >= 4 is 21.7 Å². The maximum absolute atomic E-state index is 12.8. The minimum absolute atomic E-state index is 0.123. The van der Waals surface area contributed by atoms with Crippen LogP contribution in [0.5, 0.6) is 0 Å². The molecule has 0 atom stereocenters. The molecule has 0 aliphatic carbocycles. The fourth-order valence-corrected chi connectivity index (χ4v) is 3.92. The molecule has 2 rings (SSSR count). The van der Waals surface area contributed by atoms with Crippen LogP contribution in [-0.2, 0) is 10.0 Å². The summed E-state index contributed by atoms with van der Waals surface area (Å²) in [5.41, 5.74) is 0.530. The Hall–Kier alpha value is -1.67. The molecule has 1 aromatic rings. The molecule has 0 unspecified atom stereocenters. The number of urea groups is 1. The van der Waals surface area contributed by atoms with Crippen molar-refractivity contribution in [1.82, 2.24) is 9.62 Å². The Morgan fingerprint density at radius 1 is 1.26 bits per heavy atom. The highest BCUT2D eigenvalue weighted by atomic mass is 32.2. The van der Waals surface area contributed by atoms with Crippen molar-refractivity contribution in [2.24, 2.45) is 0 Å². The molecule has 1 aromatic carbocycles. The Morgan fingerprint density at radius 3 is 2.43 bits per heavy atom. The fourth-order valence-electron chi connectivity index (χ4n) is 2.52. The van der Waals surface area contributed by atoms with Gasteiger partial charge >= 0.3 is 6.03 Å². The van der Waals surface area contributed by atoms with E-state index in [4.69, 9.17) is 0 Å². The van der Waals surface area contributed by atoms with Crippen LogP contribution in [0.4, 0.5) is 14.9 Å². The lowest BCUT2D eigenvalue weighted by molar-refractivity contribution is 0.193. The van der Waals surface area contributed by atoms with Crippen molar-refractivity contribution < 1.29 is 17.6 Å². The summed E-state index contributed by atoms with van der Waals surface area (Å²) in [7, 11) is -3.23. The Kier molecular flexibility index (Phi) is 5.95. The fraction of sp³-hybridized carbons (Fsp3) is 0.533. The number of sulfonamides is 1. The van der Waals surface area contributed by atoms with E-state index < -0.39 is 10.0 Å². The van der Waals surface area contributed by atoms with Gasteiger partial charge in [0.15, 0.2) is 0 Å². The average molecular weight is 343 g/mol. The number of anilines is 1. The molecule has 0 aromatic heterocycles. The van der Waals surface area contributed by atoms with Gasteiger partial charge in [0.25, 0.3) is 0 Å². The highest BCUT2D eigenvalue weighted by Crippen LogP contribution is 2.14. The molecule has 0 saturated carbocycles. The van der Waals surface area contributed by atoms with Gasteiger partial charge in [0, 0.05) is 24.8 Å². The number of nitrogens with one attached hydrogen (secondary N) is 2. The van der Waals surface area contributed by atoms with Crippen LogP contribution in [-0.4, -0.2) is 44.2 Å². The third-order valence-electron chi connectivity index (χ3n) is 3.70. The van der Waals surface area contributed by atoms with Crippen molar-refractivity contribution in [2.75, 3.05) is 24.2 Å². The molecule has 8 heteroatoms. The number of amides is 2. The van der Waals surface area contributed by atoms with E-state index in [1.165, 1.54) is 24.3 Å². The lowest BCUT2D eigenvalue weighted by Crippen LogP contribution is -2.48. The van der Waals surface area contributed by atoms with Gasteiger partial charge in [0.1, 0.15) is 5.82 Å². The lowest BCUT2D eigenvalue weighted by atomic mass is 10.1. The van der Waals surface area contributed by atoms with Gasteiger partial charge in [-0.3, -0.25) is 0 Å². The Labute approximate surface area is 136 Å². The maximum atomic E-state index is 12.8. The van der Waals surface area contributed by atoms with Crippen molar-refractivity contribution in [3.05, 3.63) is 30.1 Å². The van der Waals surface area contributed by atoms with E-state index in [-0.39, 0.29) is 23.6 Å². The van der Waals surface area contributed by atoms with Crippen LogP contribution in [0.25, 0.3) is 0 Å². The number of piperidine rings is 1. The number of hydrogen-bond acceptors (Lipinski definition) is 3. The van der Waals surface area contributed by atoms with Crippen LogP contribution in [0.1, 0.15) is 26.2 Å². The molecule has 1 aliphatic rings. The third kappa shape index (κ3) is 5.47. The van der Waals surface area contributed by atoms with Gasteiger partial charge in [-0.2, -0.15) is 0 Å². The number of rotatable bonds is 5. The van der Waals surface area contributed by atoms with E-state index >= 15 is 0 Å². The average Bonchev–Trinajstić information content (AvgIpc) is 2.49. The zero-order valence-electron chi connectivity index (χ0n) is 13.1. The Bertz CT molecular complexity index is 626. The van der Waals surface area contributed by atoms with E-state index in [0.717, 1.165) is 0 Å². The van der Waals surface area contributed by atoms with Gasteiger partial charge < -0.3 is 10.2 Å².